The fraction of sp³-hybridized carbons (Fsp3) is 0. The van der Waals surface area contributed by atoms with Crippen LogP contribution in [0.2, 0.25) is 0 Å². The third-order valence-corrected chi connectivity index (χ3v) is 1.38. The number of hydrogen-bond donors (Lipinski definition) is 2. The molecule has 2 N–H and O–H groups in total. The van der Waals surface area contributed by atoms with Crippen molar-refractivity contribution in [2.24, 2.45) is 0 Å². The molecule has 4 nitrogen and oxygen atoms in total. The second-order valence-corrected chi connectivity index (χ2v) is 2.18. The second-order valence-electron chi connectivity index (χ2n) is 2.18. The molecule has 1 heterocycles. The van der Waals surface area contributed by atoms with Crippen molar-refractivity contribution in [3.63, 3.8) is 0 Å². The first-order valence-corrected chi connectivity index (χ1v) is 3.23. The first kappa shape index (κ1) is 8.26. The molecule has 0 aromatic carbocycles. The van der Waals surface area contributed by atoms with Gasteiger partial charge in [-0.05, 0) is 12.1 Å². The number of aromatic amines is 1. The van der Waals surface area contributed by atoms with Gasteiger partial charge in [0.25, 0.3) is 0 Å². The van der Waals surface area contributed by atoms with Gasteiger partial charge in [-0.1, -0.05) is 6.58 Å². The molecule has 1 aromatic heterocycles. The Labute approximate surface area is 68.5 Å². The molecule has 0 spiro atoms. The minimum atomic E-state index is -1.09. The third-order valence-electron chi connectivity index (χ3n) is 1.38. The van der Waals surface area contributed by atoms with E-state index >= 15 is 0 Å². The molecule has 62 valence electrons. The largest absolute Gasteiger partial charge is 0.477 e. The van der Waals surface area contributed by atoms with Crippen LogP contribution < -0.4 is 0 Å². The van der Waals surface area contributed by atoms with E-state index in [-0.39, 0.29) is 11.5 Å². The summed E-state index contributed by atoms with van der Waals surface area (Å²) in [5.74, 6) is -1.38. The minimum Gasteiger partial charge on any atom is -0.477 e. The normalized spacial score (nSPS) is 9.33. The predicted molar refractivity (Wildman–Crippen MR) is 42.3 cm³/mol. The van der Waals surface area contributed by atoms with E-state index in [0.717, 1.165) is 6.08 Å². The molecule has 4 heteroatoms. The highest BCUT2D eigenvalue weighted by atomic mass is 16.4. The van der Waals surface area contributed by atoms with Crippen LogP contribution in [0.5, 0.6) is 0 Å². The van der Waals surface area contributed by atoms with Crippen molar-refractivity contribution in [2.45, 2.75) is 0 Å². The summed E-state index contributed by atoms with van der Waals surface area (Å²) in [6.07, 6.45) is 2.47. The third kappa shape index (κ3) is 1.42. The van der Waals surface area contributed by atoms with Crippen LogP contribution in [0.25, 0.3) is 0 Å². The summed E-state index contributed by atoms with van der Waals surface area (Å²) in [5.41, 5.74) is 0.308. The van der Waals surface area contributed by atoms with E-state index in [1.165, 1.54) is 12.3 Å². The number of carbonyl (C=O) groups is 2. The Balaban J connectivity index is 2.99. The van der Waals surface area contributed by atoms with Crippen LogP contribution in [0.3, 0.4) is 0 Å². The molecule has 0 atom stereocenters. The van der Waals surface area contributed by atoms with Crippen molar-refractivity contribution in [3.8, 4) is 0 Å². The number of carbonyl (C=O) groups excluding carboxylic acids is 1. The number of hydrogen-bond acceptors (Lipinski definition) is 2. The molecule has 0 aliphatic heterocycles. The van der Waals surface area contributed by atoms with Crippen LogP contribution in [-0.4, -0.2) is 21.8 Å². The topological polar surface area (TPSA) is 70.2 Å². The Morgan fingerprint density at radius 1 is 1.58 bits per heavy atom. The molecule has 0 unspecified atom stereocenters. The van der Waals surface area contributed by atoms with Crippen LogP contribution in [0.1, 0.15) is 20.8 Å². The lowest BCUT2D eigenvalue weighted by Crippen LogP contribution is -1.95. The van der Waals surface area contributed by atoms with Gasteiger partial charge in [-0.25, -0.2) is 4.79 Å². The van der Waals surface area contributed by atoms with Gasteiger partial charge in [-0.15, -0.1) is 0 Å². The van der Waals surface area contributed by atoms with Gasteiger partial charge in [-0.3, -0.25) is 4.79 Å². The summed E-state index contributed by atoms with van der Waals surface area (Å²) in [6.45, 7) is 3.28. The highest BCUT2D eigenvalue weighted by molar-refractivity contribution is 6.05. The Kier molecular flexibility index (Phi) is 2.09. The predicted octanol–water partition coefficient (Wildman–Crippen LogP) is 1.08. The maximum Gasteiger partial charge on any atom is 0.352 e. The maximum absolute atomic E-state index is 10.9. The van der Waals surface area contributed by atoms with E-state index in [1.807, 2.05) is 0 Å². The zero-order valence-corrected chi connectivity index (χ0v) is 6.20. The Morgan fingerprint density at radius 3 is 2.67 bits per heavy atom. The standard InChI is InChI=1S/C8H7NO3/c1-2-7(10)5-3-6(8(11)12)9-4-5/h2-4,9H,1H2,(H,11,12). The number of aromatic carboxylic acids is 1. The highest BCUT2D eigenvalue weighted by Crippen LogP contribution is 2.04. The second kappa shape index (κ2) is 3.04. The lowest BCUT2D eigenvalue weighted by Gasteiger charge is -1.84. The summed E-state index contributed by atoms with van der Waals surface area (Å²) in [6, 6.07) is 1.27. The van der Waals surface area contributed by atoms with Crippen molar-refractivity contribution >= 4 is 11.8 Å². The van der Waals surface area contributed by atoms with Crippen molar-refractivity contribution < 1.29 is 14.7 Å². The average Bonchev–Trinajstić information content (AvgIpc) is 2.51. The van der Waals surface area contributed by atoms with Crippen LogP contribution in [0.4, 0.5) is 0 Å². The van der Waals surface area contributed by atoms with Crippen LogP contribution in [0, 0.1) is 0 Å². The van der Waals surface area contributed by atoms with Crippen molar-refractivity contribution in [1.82, 2.24) is 4.98 Å². The van der Waals surface area contributed by atoms with E-state index in [2.05, 4.69) is 11.6 Å². The minimum absolute atomic E-state index is 0.000185. The lowest BCUT2D eigenvalue weighted by atomic mass is 10.2. The van der Waals surface area contributed by atoms with E-state index in [0.29, 0.717) is 5.56 Å². The number of rotatable bonds is 3. The summed E-state index contributed by atoms with van der Waals surface area (Å²) in [4.78, 5) is 23.7. The number of H-pyrrole nitrogens is 1. The molecule has 0 aliphatic rings. The van der Waals surface area contributed by atoms with E-state index in [9.17, 15) is 9.59 Å². The van der Waals surface area contributed by atoms with Gasteiger partial charge in [0, 0.05) is 11.8 Å². The van der Waals surface area contributed by atoms with E-state index < -0.39 is 5.97 Å². The van der Waals surface area contributed by atoms with Crippen LogP contribution in [-0.2, 0) is 0 Å². The SMILES string of the molecule is C=CC(=O)c1c[nH]c(C(=O)O)c1. The summed E-state index contributed by atoms with van der Waals surface area (Å²) in [7, 11) is 0. The van der Waals surface area contributed by atoms with Gasteiger partial charge in [0.05, 0.1) is 0 Å². The molecule has 0 amide bonds. The fourth-order valence-electron chi connectivity index (χ4n) is 0.778. The lowest BCUT2D eigenvalue weighted by molar-refractivity contribution is 0.0691. The van der Waals surface area contributed by atoms with Crippen molar-refractivity contribution in [3.05, 3.63) is 36.2 Å². The maximum atomic E-state index is 10.9. The first-order chi connectivity index (χ1) is 5.65. The van der Waals surface area contributed by atoms with Crippen LogP contribution >= 0.6 is 0 Å². The number of carboxylic acids is 1. The molecule has 1 aromatic rings. The van der Waals surface area contributed by atoms with Gasteiger partial charge in [0.2, 0.25) is 0 Å². The molecule has 12 heavy (non-hydrogen) atoms. The number of nitrogens with one attached hydrogen (secondary N) is 1. The van der Waals surface area contributed by atoms with Crippen LogP contribution in [0.15, 0.2) is 24.9 Å². The van der Waals surface area contributed by atoms with Gasteiger partial charge in [0.15, 0.2) is 5.78 Å². The molecule has 0 aliphatic carbocycles. The molecule has 1 rings (SSSR count). The highest BCUT2D eigenvalue weighted by Gasteiger charge is 2.08. The quantitative estimate of drug-likeness (QED) is 0.520. The molecule has 0 bridgehead atoms. The van der Waals surface area contributed by atoms with E-state index in [1.54, 1.807) is 0 Å². The molecule has 0 saturated carbocycles. The number of carboxylic acid groups (broad SMARTS) is 1. The summed E-state index contributed by atoms with van der Waals surface area (Å²) >= 11 is 0. The van der Waals surface area contributed by atoms with Gasteiger partial charge in [-0.2, -0.15) is 0 Å². The average molecular weight is 165 g/mol. The smallest absolute Gasteiger partial charge is 0.352 e. The van der Waals surface area contributed by atoms with Gasteiger partial charge >= 0.3 is 5.97 Å². The molecular weight excluding hydrogens is 158 g/mol. The number of allylic oxidation sites excluding steroid dienone is 1. The number of ketones is 1. The Morgan fingerprint density at radius 2 is 2.25 bits per heavy atom. The number of aromatic nitrogens is 1. The molecule has 0 saturated heterocycles. The molecular formula is C8H7NO3. The van der Waals surface area contributed by atoms with Gasteiger partial charge in [0.1, 0.15) is 5.69 Å². The Hall–Kier alpha value is -1.84. The van der Waals surface area contributed by atoms with Crippen molar-refractivity contribution in [1.29, 1.82) is 0 Å². The molecule has 0 radical (unpaired) electrons. The Bertz CT molecular complexity index is 338. The zero-order valence-electron chi connectivity index (χ0n) is 6.20. The summed E-state index contributed by atoms with van der Waals surface area (Å²) in [5, 5.41) is 8.48. The monoisotopic (exact) mass is 165 g/mol. The van der Waals surface area contributed by atoms with Gasteiger partial charge < -0.3 is 10.1 Å². The molecule has 0 fully saturated rings. The van der Waals surface area contributed by atoms with E-state index in [4.69, 9.17) is 5.11 Å². The zero-order chi connectivity index (χ0) is 9.14. The summed E-state index contributed by atoms with van der Waals surface area (Å²) < 4.78 is 0. The fourth-order valence-corrected chi connectivity index (χ4v) is 0.778. The first-order valence-electron chi connectivity index (χ1n) is 3.23. The van der Waals surface area contributed by atoms with Crippen molar-refractivity contribution in [2.75, 3.05) is 0 Å².